The average molecular weight is 279 g/mol. The van der Waals surface area contributed by atoms with E-state index in [4.69, 9.17) is 0 Å². The fraction of sp³-hybridized carbons (Fsp3) is 0.750. The Morgan fingerprint density at radius 1 is 1.37 bits per heavy atom. The molecule has 0 spiro atoms. The van der Waals surface area contributed by atoms with Crippen molar-refractivity contribution >= 4 is 11.3 Å². The summed E-state index contributed by atoms with van der Waals surface area (Å²) < 4.78 is 0. The van der Waals surface area contributed by atoms with Gasteiger partial charge in [0.1, 0.15) is 0 Å². The van der Waals surface area contributed by atoms with E-state index in [1.165, 1.54) is 30.6 Å². The molecule has 0 amide bonds. The SMILES string of the molecule is CC1(C)C(O)CC1NC(c1cccs1)C1CCCC1. The first kappa shape index (κ1) is 13.6. The van der Waals surface area contributed by atoms with Crippen LogP contribution in [0.3, 0.4) is 0 Å². The summed E-state index contributed by atoms with van der Waals surface area (Å²) in [6.45, 7) is 4.36. The minimum absolute atomic E-state index is 0.0219. The fourth-order valence-electron chi connectivity index (χ4n) is 3.61. The van der Waals surface area contributed by atoms with Gasteiger partial charge in [0.05, 0.1) is 6.10 Å². The van der Waals surface area contributed by atoms with Gasteiger partial charge in [-0.1, -0.05) is 32.8 Å². The van der Waals surface area contributed by atoms with Crippen molar-refractivity contribution in [2.75, 3.05) is 0 Å². The lowest BCUT2D eigenvalue weighted by atomic mass is 9.64. The number of hydrogen-bond acceptors (Lipinski definition) is 3. The van der Waals surface area contributed by atoms with Crippen LogP contribution in [0.4, 0.5) is 0 Å². The van der Waals surface area contributed by atoms with Gasteiger partial charge in [-0.25, -0.2) is 0 Å². The fourth-order valence-corrected chi connectivity index (χ4v) is 4.49. The molecule has 0 saturated heterocycles. The van der Waals surface area contributed by atoms with E-state index in [-0.39, 0.29) is 11.5 Å². The highest BCUT2D eigenvalue weighted by molar-refractivity contribution is 7.10. The summed E-state index contributed by atoms with van der Waals surface area (Å²) in [6, 6.07) is 5.38. The zero-order valence-corrected chi connectivity index (χ0v) is 12.7. The van der Waals surface area contributed by atoms with Crippen LogP contribution in [0.15, 0.2) is 17.5 Å². The topological polar surface area (TPSA) is 32.3 Å². The van der Waals surface area contributed by atoms with Crippen LogP contribution in [0, 0.1) is 11.3 Å². The Bertz CT molecular complexity index is 408. The van der Waals surface area contributed by atoms with Gasteiger partial charge < -0.3 is 10.4 Å². The molecule has 2 saturated carbocycles. The molecule has 2 N–H and O–H groups in total. The van der Waals surface area contributed by atoms with Gasteiger partial charge in [0, 0.05) is 22.4 Å². The number of thiophene rings is 1. The van der Waals surface area contributed by atoms with Crippen LogP contribution in [-0.2, 0) is 0 Å². The maximum Gasteiger partial charge on any atom is 0.0621 e. The van der Waals surface area contributed by atoms with E-state index in [0.29, 0.717) is 12.1 Å². The molecule has 2 aliphatic rings. The van der Waals surface area contributed by atoms with E-state index in [1.807, 2.05) is 11.3 Å². The van der Waals surface area contributed by atoms with Crippen molar-refractivity contribution in [3.05, 3.63) is 22.4 Å². The van der Waals surface area contributed by atoms with Crippen LogP contribution >= 0.6 is 11.3 Å². The van der Waals surface area contributed by atoms with E-state index in [0.717, 1.165) is 12.3 Å². The first-order chi connectivity index (χ1) is 9.09. The lowest BCUT2D eigenvalue weighted by Crippen LogP contribution is -2.60. The number of nitrogens with one attached hydrogen (secondary N) is 1. The molecule has 2 nitrogen and oxygen atoms in total. The molecule has 2 aliphatic carbocycles. The standard InChI is InChI=1S/C16H25NOS/c1-16(2)13(10-14(16)18)17-15(11-6-3-4-7-11)12-8-5-9-19-12/h5,8-9,11,13-15,17-18H,3-4,6-7,10H2,1-2H3. The number of aliphatic hydroxyl groups is 1. The first-order valence-corrected chi connectivity index (χ1v) is 8.44. The molecule has 2 fully saturated rings. The molecular weight excluding hydrogens is 254 g/mol. The number of rotatable bonds is 4. The van der Waals surface area contributed by atoms with Crippen LogP contribution in [0.1, 0.15) is 56.9 Å². The predicted molar refractivity (Wildman–Crippen MR) is 80.3 cm³/mol. The Labute approximate surface area is 120 Å². The smallest absolute Gasteiger partial charge is 0.0621 e. The van der Waals surface area contributed by atoms with Crippen LogP contribution in [0.25, 0.3) is 0 Å². The van der Waals surface area contributed by atoms with E-state index in [1.54, 1.807) is 0 Å². The third-order valence-corrected chi connectivity index (χ3v) is 6.27. The summed E-state index contributed by atoms with van der Waals surface area (Å²) >= 11 is 1.87. The Hall–Kier alpha value is -0.380. The van der Waals surface area contributed by atoms with Gasteiger partial charge in [-0.3, -0.25) is 0 Å². The van der Waals surface area contributed by atoms with Crippen molar-refractivity contribution in [3.8, 4) is 0 Å². The Morgan fingerprint density at radius 3 is 2.63 bits per heavy atom. The minimum Gasteiger partial charge on any atom is -0.392 e. The summed E-state index contributed by atoms with van der Waals surface area (Å²) in [5, 5.41) is 16.0. The zero-order valence-electron chi connectivity index (χ0n) is 11.9. The highest BCUT2D eigenvalue weighted by Crippen LogP contribution is 2.44. The molecular formula is C16H25NOS. The number of hydrogen-bond donors (Lipinski definition) is 2. The van der Waals surface area contributed by atoms with Crippen molar-refractivity contribution in [3.63, 3.8) is 0 Å². The van der Waals surface area contributed by atoms with Crippen LogP contribution < -0.4 is 5.32 Å². The molecule has 3 atom stereocenters. The Morgan fingerprint density at radius 2 is 2.11 bits per heavy atom. The molecule has 1 heterocycles. The van der Waals surface area contributed by atoms with Gasteiger partial charge in [-0.15, -0.1) is 11.3 Å². The van der Waals surface area contributed by atoms with Crippen LogP contribution in [-0.4, -0.2) is 17.3 Å². The third kappa shape index (κ3) is 2.48. The predicted octanol–water partition coefficient (Wildman–Crippen LogP) is 3.73. The lowest BCUT2D eigenvalue weighted by molar-refractivity contribution is -0.0779. The zero-order chi connectivity index (χ0) is 13.5. The summed E-state index contributed by atoms with van der Waals surface area (Å²) in [5.74, 6) is 0.784. The van der Waals surface area contributed by atoms with Crippen molar-refractivity contribution in [2.24, 2.45) is 11.3 Å². The molecule has 1 aromatic heterocycles. The van der Waals surface area contributed by atoms with Crippen LogP contribution in [0.2, 0.25) is 0 Å². The molecule has 0 aromatic carbocycles. The number of aliphatic hydroxyl groups excluding tert-OH is 1. The van der Waals surface area contributed by atoms with Crippen LogP contribution in [0.5, 0.6) is 0 Å². The van der Waals surface area contributed by atoms with Gasteiger partial charge >= 0.3 is 0 Å². The second-order valence-electron chi connectivity index (χ2n) is 6.83. The van der Waals surface area contributed by atoms with E-state index < -0.39 is 0 Å². The molecule has 0 radical (unpaired) electrons. The summed E-state index contributed by atoms with van der Waals surface area (Å²) in [6.07, 6.45) is 6.23. The molecule has 19 heavy (non-hydrogen) atoms. The molecule has 3 rings (SSSR count). The van der Waals surface area contributed by atoms with Gasteiger partial charge in [0.25, 0.3) is 0 Å². The Balaban J connectivity index is 1.73. The highest BCUT2D eigenvalue weighted by Gasteiger charge is 2.48. The molecule has 3 heteroatoms. The van der Waals surface area contributed by atoms with Crippen molar-refractivity contribution in [1.82, 2.24) is 5.32 Å². The average Bonchev–Trinajstić information content (AvgIpc) is 3.07. The van der Waals surface area contributed by atoms with E-state index in [9.17, 15) is 5.11 Å². The minimum atomic E-state index is -0.141. The molecule has 1 aromatic rings. The molecule has 106 valence electrons. The van der Waals surface area contributed by atoms with Gasteiger partial charge in [0.15, 0.2) is 0 Å². The molecule has 3 unspecified atom stereocenters. The third-order valence-electron chi connectivity index (χ3n) is 5.32. The van der Waals surface area contributed by atoms with Gasteiger partial charge in [-0.2, -0.15) is 0 Å². The molecule has 0 bridgehead atoms. The summed E-state index contributed by atoms with van der Waals surface area (Å²) in [4.78, 5) is 1.48. The van der Waals surface area contributed by atoms with Crippen molar-refractivity contribution in [1.29, 1.82) is 0 Å². The monoisotopic (exact) mass is 279 g/mol. The maximum absolute atomic E-state index is 9.92. The maximum atomic E-state index is 9.92. The quantitative estimate of drug-likeness (QED) is 0.880. The van der Waals surface area contributed by atoms with Crippen molar-refractivity contribution < 1.29 is 5.11 Å². The van der Waals surface area contributed by atoms with Gasteiger partial charge in [-0.05, 0) is 36.6 Å². The summed E-state index contributed by atoms with van der Waals surface area (Å²) in [5.41, 5.74) is 0.0219. The van der Waals surface area contributed by atoms with Gasteiger partial charge in [0.2, 0.25) is 0 Å². The normalized spacial score (nSPS) is 32.2. The van der Waals surface area contributed by atoms with E-state index in [2.05, 4.69) is 36.7 Å². The lowest BCUT2D eigenvalue weighted by Gasteiger charge is -2.51. The second-order valence-corrected chi connectivity index (χ2v) is 7.81. The highest BCUT2D eigenvalue weighted by atomic mass is 32.1. The second kappa shape index (κ2) is 5.19. The first-order valence-electron chi connectivity index (χ1n) is 7.56. The molecule has 0 aliphatic heterocycles. The van der Waals surface area contributed by atoms with E-state index >= 15 is 0 Å². The Kier molecular flexibility index (Phi) is 3.71. The largest absolute Gasteiger partial charge is 0.392 e. The van der Waals surface area contributed by atoms with Crippen molar-refractivity contribution in [2.45, 2.75) is 64.1 Å². The summed E-state index contributed by atoms with van der Waals surface area (Å²) in [7, 11) is 0.